The Bertz CT molecular complexity index is 899. The SMILES string of the molecule is Cc1nc2nc[nH]n2c(=O)c1NC(=O)c1cccc(F)c1. The van der Waals surface area contributed by atoms with Crippen molar-refractivity contribution >= 4 is 17.4 Å². The summed E-state index contributed by atoms with van der Waals surface area (Å²) in [6, 6.07) is 5.19. The number of fused-ring (bicyclic) bond motifs is 1. The molecule has 0 saturated heterocycles. The molecule has 0 saturated carbocycles. The molecule has 1 aromatic carbocycles. The van der Waals surface area contributed by atoms with E-state index in [-0.39, 0.29) is 17.0 Å². The van der Waals surface area contributed by atoms with Crippen LogP contribution in [0.3, 0.4) is 0 Å². The van der Waals surface area contributed by atoms with Crippen LogP contribution in [0, 0.1) is 12.7 Å². The van der Waals surface area contributed by atoms with E-state index >= 15 is 0 Å². The molecule has 3 rings (SSSR count). The number of halogens is 1. The summed E-state index contributed by atoms with van der Waals surface area (Å²) in [6.45, 7) is 1.58. The normalized spacial score (nSPS) is 10.8. The first-order valence-electron chi connectivity index (χ1n) is 6.06. The summed E-state index contributed by atoms with van der Waals surface area (Å²) in [5.41, 5.74) is -0.0221. The number of hydrogen-bond donors (Lipinski definition) is 2. The van der Waals surface area contributed by atoms with E-state index in [1.165, 1.54) is 24.5 Å². The Labute approximate surface area is 117 Å². The monoisotopic (exact) mass is 287 g/mol. The van der Waals surface area contributed by atoms with Crippen molar-refractivity contribution in [1.82, 2.24) is 19.6 Å². The van der Waals surface area contributed by atoms with Gasteiger partial charge in [0.15, 0.2) is 0 Å². The number of amides is 1. The van der Waals surface area contributed by atoms with Crippen LogP contribution in [0.1, 0.15) is 16.1 Å². The highest BCUT2D eigenvalue weighted by atomic mass is 19.1. The van der Waals surface area contributed by atoms with Crippen molar-refractivity contribution in [2.24, 2.45) is 0 Å². The standard InChI is InChI=1S/C13H10FN5O2/c1-7-10(12(21)19-13(17-7)15-6-16-19)18-11(20)8-3-2-4-9(14)5-8/h2-6H,1H3,(H,18,20)(H,15,16,17). The number of rotatable bonds is 2. The van der Waals surface area contributed by atoms with Crippen LogP contribution in [-0.4, -0.2) is 25.5 Å². The average Bonchev–Trinajstić information content (AvgIpc) is 2.91. The molecule has 0 spiro atoms. The number of hydrogen-bond acceptors (Lipinski definition) is 4. The molecule has 0 aliphatic rings. The third-order valence-electron chi connectivity index (χ3n) is 2.94. The summed E-state index contributed by atoms with van der Waals surface area (Å²) in [7, 11) is 0. The number of benzene rings is 1. The van der Waals surface area contributed by atoms with Gasteiger partial charge in [0.2, 0.25) is 0 Å². The van der Waals surface area contributed by atoms with E-state index in [4.69, 9.17) is 0 Å². The lowest BCUT2D eigenvalue weighted by Gasteiger charge is -2.07. The zero-order valence-corrected chi connectivity index (χ0v) is 10.9. The zero-order valence-electron chi connectivity index (χ0n) is 10.9. The van der Waals surface area contributed by atoms with Crippen LogP contribution in [0.5, 0.6) is 0 Å². The Kier molecular flexibility index (Phi) is 2.98. The van der Waals surface area contributed by atoms with Gasteiger partial charge in [-0.05, 0) is 25.1 Å². The number of aryl methyl sites for hydroxylation is 1. The van der Waals surface area contributed by atoms with Gasteiger partial charge >= 0.3 is 0 Å². The van der Waals surface area contributed by atoms with E-state index in [1.807, 2.05) is 0 Å². The molecular formula is C13H10FN5O2. The van der Waals surface area contributed by atoms with Crippen LogP contribution in [0.15, 0.2) is 35.4 Å². The average molecular weight is 287 g/mol. The molecule has 0 aliphatic carbocycles. The number of aromatic nitrogens is 4. The minimum atomic E-state index is -0.587. The first-order valence-corrected chi connectivity index (χ1v) is 6.06. The number of carbonyl (C=O) groups excluding carboxylic acids is 1. The maximum atomic E-state index is 13.1. The number of aromatic amines is 1. The first kappa shape index (κ1) is 13.0. The van der Waals surface area contributed by atoms with Crippen LogP contribution in [0.25, 0.3) is 5.78 Å². The van der Waals surface area contributed by atoms with Gasteiger partial charge in [-0.15, -0.1) is 0 Å². The van der Waals surface area contributed by atoms with E-state index in [2.05, 4.69) is 20.4 Å². The molecule has 0 aliphatic heterocycles. The van der Waals surface area contributed by atoms with Gasteiger partial charge in [-0.2, -0.15) is 4.52 Å². The van der Waals surface area contributed by atoms with E-state index in [0.717, 1.165) is 10.6 Å². The smallest absolute Gasteiger partial charge is 0.298 e. The van der Waals surface area contributed by atoms with Crippen molar-refractivity contribution in [2.45, 2.75) is 6.92 Å². The Morgan fingerprint density at radius 3 is 3.00 bits per heavy atom. The number of anilines is 1. The first-order chi connectivity index (χ1) is 10.1. The van der Waals surface area contributed by atoms with Crippen molar-refractivity contribution in [3.8, 4) is 0 Å². The summed E-state index contributed by atoms with van der Waals surface area (Å²) in [4.78, 5) is 32.2. The van der Waals surface area contributed by atoms with E-state index in [0.29, 0.717) is 5.69 Å². The Hall–Kier alpha value is -3.03. The van der Waals surface area contributed by atoms with Crippen molar-refractivity contribution < 1.29 is 9.18 Å². The maximum absolute atomic E-state index is 13.1. The van der Waals surface area contributed by atoms with E-state index in [9.17, 15) is 14.0 Å². The molecule has 0 bridgehead atoms. The van der Waals surface area contributed by atoms with Gasteiger partial charge in [-0.3, -0.25) is 14.7 Å². The van der Waals surface area contributed by atoms with Crippen molar-refractivity contribution in [3.05, 3.63) is 58.0 Å². The molecular weight excluding hydrogens is 277 g/mol. The highest BCUT2D eigenvalue weighted by Crippen LogP contribution is 2.10. The molecule has 3 aromatic rings. The Morgan fingerprint density at radius 1 is 1.43 bits per heavy atom. The minimum absolute atomic E-state index is 0.0195. The predicted octanol–water partition coefficient (Wildman–Crippen LogP) is 1.12. The Morgan fingerprint density at radius 2 is 2.24 bits per heavy atom. The topological polar surface area (TPSA) is 92.2 Å². The van der Waals surface area contributed by atoms with Crippen LogP contribution >= 0.6 is 0 Å². The maximum Gasteiger partial charge on any atom is 0.298 e. The van der Waals surface area contributed by atoms with Gasteiger partial charge in [0.05, 0.1) is 5.69 Å². The fourth-order valence-electron chi connectivity index (χ4n) is 1.92. The molecule has 2 heterocycles. The molecule has 2 N–H and O–H groups in total. The van der Waals surface area contributed by atoms with Gasteiger partial charge in [0.25, 0.3) is 17.2 Å². The fraction of sp³-hybridized carbons (Fsp3) is 0.0769. The number of carbonyl (C=O) groups is 1. The lowest BCUT2D eigenvalue weighted by molar-refractivity contribution is 0.102. The second-order valence-electron chi connectivity index (χ2n) is 4.36. The summed E-state index contributed by atoms with van der Waals surface area (Å²) in [6.07, 6.45) is 1.32. The summed E-state index contributed by atoms with van der Waals surface area (Å²) < 4.78 is 14.2. The van der Waals surface area contributed by atoms with E-state index in [1.54, 1.807) is 6.92 Å². The summed E-state index contributed by atoms with van der Waals surface area (Å²) in [5.74, 6) is -0.907. The molecule has 1 amide bonds. The molecule has 0 fully saturated rings. The molecule has 2 aromatic heterocycles. The number of nitrogens with zero attached hydrogens (tertiary/aromatic N) is 3. The molecule has 0 radical (unpaired) electrons. The van der Waals surface area contributed by atoms with Crippen molar-refractivity contribution in [1.29, 1.82) is 0 Å². The highest BCUT2D eigenvalue weighted by molar-refractivity contribution is 6.04. The third kappa shape index (κ3) is 2.27. The Balaban J connectivity index is 2.02. The largest absolute Gasteiger partial charge is 0.316 e. The summed E-state index contributed by atoms with van der Waals surface area (Å²) >= 11 is 0. The molecule has 7 nitrogen and oxygen atoms in total. The summed E-state index contributed by atoms with van der Waals surface area (Å²) in [5, 5.41) is 5.05. The van der Waals surface area contributed by atoms with Crippen LogP contribution in [0.4, 0.5) is 10.1 Å². The lowest BCUT2D eigenvalue weighted by Crippen LogP contribution is -2.25. The van der Waals surface area contributed by atoms with Crippen LogP contribution in [-0.2, 0) is 0 Å². The zero-order chi connectivity index (χ0) is 15.0. The number of H-pyrrole nitrogens is 1. The second kappa shape index (κ2) is 4.82. The number of nitrogens with one attached hydrogen (secondary N) is 2. The molecule has 0 unspecified atom stereocenters. The lowest BCUT2D eigenvalue weighted by atomic mass is 10.2. The van der Waals surface area contributed by atoms with Gasteiger partial charge in [0.1, 0.15) is 17.8 Å². The van der Waals surface area contributed by atoms with Gasteiger partial charge in [-0.1, -0.05) is 6.07 Å². The van der Waals surface area contributed by atoms with Gasteiger partial charge < -0.3 is 5.32 Å². The minimum Gasteiger partial charge on any atom is -0.316 e. The fourth-order valence-corrected chi connectivity index (χ4v) is 1.92. The quantitative estimate of drug-likeness (QED) is 0.738. The molecule has 0 atom stereocenters. The van der Waals surface area contributed by atoms with Crippen LogP contribution in [0.2, 0.25) is 0 Å². The highest BCUT2D eigenvalue weighted by Gasteiger charge is 2.15. The molecule has 21 heavy (non-hydrogen) atoms. The third-order valence-corrected chi connectivity index (χ3v) is 2.94. The predicted molar refractivity (Wildman–Crippen MR) is 72.7 cm³/mol. The van der Waals surface area contributed by atoms with E-state index < -0.39 is 17.3 Å². The van der Waals surface area contributed by atoms with Crippen molar-refractivity contribution in [2.75, 3.05) is 5.32 Å². The molecule has 8 heteroatoms. The van der Waals surface area contributed by atoms with Gasteiger partial charge in [0, 0.05) is 5.56 Å². The molecule has 106 valence electrons. The van der Waals surface area contributed by atoms with Crippen molar-refractivity contribution in [3.63, 3.8) is 0 Å². The second-order valence-corrected chi connectivity index (χ2v) is 4.36. The van der Waals surface area contributed by atoms with Gasteiger partial charge in [-0.25, -0.2) is 14.4 Å². The van der Waals surface area contributed by atoms with Crippen LogP contribution < -0.4 is 10.9 Å².